The number of esters is 3. The molecule has 1 saturated carbocycles. The maximum atomic E-state index is 12.4. The van der Waals surface area contributed by atoms with E-state index in [9.17, 15) is 19.2 Å². The van der Waals surface area contributed by atoms with E-state index in [4.69, 9.17) is 41.0 Å². The third-order valence-corrected chi connectivity index (χ3v) is 7.70. The van der Waals surface area contributed by atoms with Gasteiger partial charge in [-0.3, -0.25) is 23.7 Å². The largest absolute Gasteiger partial charge is 0.486 e. The van der Waals surface area contributed by atoms with Crippen LogP contribution >= 0.6 is 12.2 Å². The summed E-state index contributed by atoms with van der Waals surface area (Å²) < 4.78 is 32.5. The molecule has 0 bridgehead atoms. The van der Waals surface area contributed by atoms with Gasteiger partial charge >= 0.3 is 17.9 Å². The standard InChI is InChI=1S/C29H38N4O9S/c1-16-10-12-22(13-11-16)39-15-24-31-33(29(43)32(24)21-8-6-7-9-21)28-25(30-17(2)34)27(41-20(5)37)26(40-19(4)36)23(42-28)14-38-18(3)35/h10-13,21,23,25-28H,6-9,14-15H2,1-5H3,(H,30,34)/t23-,25-,26-,27-,28-/m1/s1. The molecule has 14 heteroatoms. The first kappa shape index (κ1) is 32.1. The summed E-state index contributed by atoms with van der Waals surface area (Å²) in [5.74, 6) is -1.21. The highest BCUT2D eigenvalue weighted by Gasteiger charge is 2.52. The summed E-state index contributed by atoms with van der Waals surface area (Å²) in [6.45, 7) is 6.68. The van der Waals surface area contributed by atoms with Gasteiger partial charge in [0.25, 0.3) is 0 Å². The van der Waals surface area contributed by atoms with E-state index in [0.717, 1.165) is 31.2 Å². The number of ether oxygens (including phenoxy) is 5. The number of amides is 1. The lowest BCUT2D eigenvalue weighted by molar-refractivity contribution is -0.239. The minimum absolute atomic E-state index is 0.0792. The fourth-order valence-corrected chi connectivity index (χ4v) is 5.93. The molecule has 4 rings (SSSR count). The van der Waals surface area contributed by atoms with Crippen LogP contribution in [0.4, 0.5) is 0 Å². The van der Waals surface area contributed by atoms with Crippen molar-refractivity contribution in [3.8, 4) is 5.75 Å². The average molecular weight is 619 g/mol. The predicted octanol–water partition coefficient (Wildman–Crippen LogP) is 3.25. The highest BCUT2D eigenvalue weighted by molar-refractivity contribution is 7.71. The lowest BCUT2D eigenvalue weighted by atomic mass is 9.95. The first-order valence-corrected chi connectivity index (χ1v) is 14.6. The number of carbonyl (C=O) groups is 4. The summed E-state index contributed by atoms with van der Waals surface area (Å²) in [5, 5.41) is 7.59. The molecule has 1 amide bonds. The molecule has 2 fully saturated rings. The molecule has 1 aromatic heterocycles. The van der Waals surface area contributed by atoms with Gasteiger partial charge in [0, 0.05) is 33.7 Å². The van der Waals surface area contributed by atoms with Crippen molar-refractivity contribution in [2.24, 2.45) is 0 Å². The van der Waals surface area contributed by atoms with Crippen LogP contribution in [0.1, 0.15) is 77.0 Å². The van der Waals surface area contributed by atoms with Crippen molar-refractivity contribution < 1.29 is 42.9 Å². The summed E-state index contributed by atoms with van der Waals surface area (Å²) in [4.78, 5) is 48.5. The van der Waals surface area contributed by atoms with E-state index in [0.29, 0.717) is 16.3 Å². The zero-order chi connectivity index (χ0) is 31.3. The summed E-state index contributed by atoms with van der Waals surface area (Å²) in [5.41, 5.74) is 1.10. The van der Waals surface area contributed by atoms with Crippen molar-refractivity contribution >= 4 is 36.0 Å². The van der Waals surface area contributed by atoms with Gasteiger partial charge in [0.15, 0.2) is 24.3 Å². The second-order valence-electron chi connectivity index (χ2n) is 10.8. The number of aromatic nitrogens is 3. The summed E-state index contributed by atoms with van der Waals surface area (Å²) in [6, 6.07) is 6.64. The number of rotatable bonds is 10. The van der Waals surface area contributed by atoms with Gasteiger partial charge in [-0.05, 0) is 44.1 Å². The Morgan fingerprint density at radius 3 is 2.19 bits per heavy atom. The highest BCUT2D eigenvalue weighted by atomic mass is 32.1. The van der Waals surface area contributed by atoms with Crippen LogP contribution in [-0.2, 0) is 44.7 Å². The monoisotopic (exact) mass is 618 g/mol. The number of nitrogens with zero attached hydrogens (tertiary/aromatic N) is 3. The molecule has 13 nitrogen and oxygen atoms in total. The lowest BCUT2D eigenvalue weighted by Crippen LogP contribution is -2.64. The van der Waals surface area contributed by atoms with Gasteiger partial charge in [0.05, 0.1) is 0 Å². The van der Waals surface area contributed by atoms with Crippen molar-refractivity contribution in [1.29, 1.82) is 0 Å². The van der Waals surface area contributed by atoms with Crippen molar-refractivity contribution in [1.82, 2.24) is 19.7 Å². The Bertz CT molecular complexity index is 1380. The zero-order valence-electron chi connectivity index (χ0n) is 24.9. The Labute approximate surface area is 254 Å². The van der Waals surface area contributed by atoms with Gasteiger partial charge in [-0.25, -0.2) is 4.68 Å². The normalized spacial score (nSPS) is 23.8. The van der Waals surface area contributed by atoms with E-state index in [1.54, 1.807) is 0 Å². The number of benzene rings is 1. The van der Waals surface area contributed by atoms with E-state index in [2.05, 4.69) is 5.32 Å². The molecule has 2 heterocycles. The average Bonchev–Trinajstić information content (AvgIpc) is 3.56. The number of carbonyl (C=O) groups excluding carboxylic acids is 4. The van der Waals surface area contributed by atoms with Gasteiger partial charge in [-0.15, -0.1) is 0 Å². The minimum atomic E-state index is -1.23. The molecule has 2 aliphatic rings. The van der Waals surface area contributed by atoms with Crippen LogP contribution in [0.3, 0.4) is 0 Å². The van der Waals surface area contributed by atoms with Crippen LogP contribution in [0.25, 0.3) is 0 Å². The fourth-order valence-electron chi connectivity index (χ4n) is 5.53. The molecule has 43 heavy (non-hydrogen) atoms. The Morgan fingerprint density at radius 2 is 1.60 bits per heavy atom. The lowest BCUT2D eigenvalue weighted by Gasteiger charge is -2.45. The molecule has 1 aliphatic carbocycles. The quantitative estimate of drug-likeness (QED) is 0.238. The van der Waals surface area contributed by atoms with E-state index in [-0.39, 0.29) is 19.3 Å². The van der Waals surface area contributed by atoms with Gasteiger partial charge < -0.3 is 29.0 Å². The molecule has 234 valence electrons. The molecule has 1 aliphatic heterocycles. The summed E-state index contributed by atoms with van der Waals surface area (Å²) >= 11 is 5.95. The maximum Gasteiger partial charge on any atom is 0.303 e. The third-order valence-electron chi connectivity index (χ3n) is 7.31. The molecule has 2 aromatic rings. The van der Waals surface area contributed by atoms with Crippen molar-refractivity contribution in [3.05, 3.63) is 40.4 Å². The van der Waals surface area contributed by atoms with E-state index in [1.807, 2.05) is 35.8 Å². The SMILES string of the molecule is CC(=O)N[C@@H]1[C@@H](OC(C)=O)[C@H](OC(C)=O)[C@@H](COC(C)=O)O[C@H]1n1nc(COc2ccc(C)cc2)n(C2CCCC2)c1=S. The molecule has 1 N–H and O–H groups in total. The second-order valence-corrected chi connectivity index (χ2v) is 11.2. The first-order chi connectivity index (χ1) is 20.4. The number of hydrogen-bond acceptors (Lipinski definition) is 11. The number of nitrogens with one attached hydrogen (secondary N) is 1. The van der Waals surface area contributed by atoms with Crippen LogP contribution < -0.4 is 10.1 Å². The van der Waals surface area contributed by atoms with Gasteiger partial charge in [0.1, 0.15) is 31.1 Å². The topological polar surface area (TPSA) is 149 Å². The van der Waals surface area contributed by atoms with Crippen molar-refractivity contribution in [2.75, 3.05) is 6.61 Å². The Kier molecular flexibility index (Phi) is 10.6. The fraction of sp³-hybridized carbons (Fsp3) is 0.586. The molecule has 1 aromatic carbocycles. The molecule has 0 unspecified atom stereocenters. The van der Waals surface area contributed by atoms with Crippen LogP contribution in [0.2, 0.25) is 0 Å². The Hall–Kier alpha value is -3.78. The number of hydrogen-bond donors (Lipinski definition) is 1. The van der Waals surface area contributed by atoms with Crippen LogP contribution in [0.5, 0.6) is 5.75 Å². The minimum Gasteiger partial charge on any atom is -0.486 e. The smallest absolute Gasteiger partial charge is 0.303 e. The molecule has 0 radical (unpaired) electrons. The van der Waals surface area contributed by atoms with E-state index < -0.39 is 54.4 Å². The number of aryl methyl sites for hydroxylation is 1. The maximum absolute atomic E-state index is 12.4. The van der Waals surface area contributed by atoms with Crippen LogP contribution in [-0.4, -0.2) is 69.1 Å². The second kappa shape index (κ2) is 14.1. The van der Waals surface area contributed by atoms with Crippen molar-refractivity contribution in [2.45, 2.75) is 104 Å². The van der Waals surface area contributed by atoms with Gasteiger partial charge in [-0.2, -0.15) is 5.10 Å². The van der Waals surface area contributed by atoms with Crippen molar-refractivity contribution in [3.63, 3.8) is 0 Å². The first-order valence-electron chi connectivity index (χ1n) is 14.2. The van der Waals surface area contributed by atoms with E-state index in [1.165, 1.54) is 32.4 Å². The van der Waals surface area contributed by atoms with Crippen LogP contribution in [0.15, 0.2) is 24.3 Å². The van der Waals surface area contributed by atoms with Crippen LogP contribution in [0, 0.1) is 11.7 Å². The summed E-state index contributed by atoms with van der Waals surface area (Å²) in [7, 11) is 0. The zero-order valence-corrected chi connectivity index (χ0v) is 25.8. The Balaban J connectivity index is 1.79. The molecule has 1 saturated heterocycles. The van der Waals surface area contributed by atoms with Gasteiger partial charge in [0.2, 0.25) is 10.7 Å². The molecule has 5 atom stereocenters. The molecular weight excluding hydrogens is 580 g/mol. The predicted molar refractivity (Wildman–Crippen MR) is 153 cm³/mol. The van der Waals surface area contributed by atoms with E-state index >= 15 is 0 Å². The highest BCUT2D eigenvalue weighted by Crippen LogP contribution is 2.36. The van der Waals surface area contributed by atoms with Gasteiger partial charge in [-0.1, -0.05) is 30.5 Å². The molecule has 0 spiro atoms. The Morgan fingerprint density at radius 1 is 0.977 bits per heavy atom. The molecular formula is C29H38N4O9S. The summed E-state index contributed by atoms with van der Waals surface area (Å²) in [6.07, 6.45) is -0.789. The third kappa shape index (κ3) is 7.99.